The molecule has 6 heteroatoms. The second-order valence-corrected chi connectivity index (χ2v) is 5.74. The van der Waals surface area contributed by atoms with Crippen LogP contribution >= 0.6 is 0 Å². The van der Waals surface area contributed by atoms with Gasteiger partial charge in [-0.1, -0.05) is 6.07 Å². The lowest BCUT2D eigenvalue weighted by molar-refractivity contribution is 0.0949. The number of rotatable bonds is 4. The second kappa shape index (κ2) is 5.81. The van der Waals surface area contributed by atoms with E-state index in [4.69, 9.17) is 0 Å². The molecule has 0 atom stereocenters. The van der Waals surface area contributed by atoms with Crippen LogP contribution in [0.1, 0.15) is 16.2 Å². The molecule has 0 aliphatic rings. The van der Waals surface area contributed by atoms with Crippen LogP contribution in [0.2, 0.25) is 0 Å². The number of imidazole rings is 1. The Labute approximate surface area is 138 Å². The van der Waals surface area contributed by atoms with Gasteiger partial charge in [0.15, 0.2) is 0 Å². The normalized spacial score (nSPS) is 11.2. The average molecular weight is 319 g/mol. The van der Waals surface area contributed by atoms with E-state index in [2.05, 4.69) is 15.3 Å². The maximum absolute atomic E-state index is 12.3. The molecule has 120 valence electrons. The molecule has 0 fully saturated rings. The fourth-order valence-electron chi connectivity index (χ4n) is 2.76. The third kappa shape index (κ3) is 2.62. The van der Waals surface area contributed by atoms with Crippen LogP contribution < -0.4 is 5.32 Å². The molecule has 0 saturated heterocycles. The number of nitrogens with zero attached hydrogens (tertiary/aromatic N) is 4. The minimum absolute atomic E-state index is 0.165. The first-order valence-corrected chi connectivity index (χ1v) is 7.83. The molecule has 0 unspecified atom stereocenters. The van der Waals surface area contributed by atoms with Crippen molar-refractivity contribution in [3.05, 3.63) is 66.4 Å². The molecule has 4 aromatic rings. The number of aryl methyl sites for hydroxylation is 1. The standard InChI is InChI=1S/C18H17N5O/c1-22-11-8-13-5-6-15(21-17(13)22)18(24)19-9-7-14-12-23-10-3-2-4-16(23)20-14/h2-6,8,10-12H,7,9H2,1H3,(H,19,24). The SMILES string of the molecule is Cn1ccc2ccc(C(=O)NCCc3cn4ccccc4n3)nc21. The molecule has 4 rings (SSSR count). The maximum atomic E-state index is 12.3. The predicted octanol–water partition coefficient (Wildman–Crippen LogP) is 2.19. The van der Waals surface area contributed by atoms with Crippen LogP contribution in [0.4, 0.5) is 0 Å². The molecule has 0 aliphatic carbocycles. The summed E-state index contributed by atoms with van der Waals surface area (Å²) in [4.78, 5) is 21.2. The van der Waals surface area contributed by atoms with Crippen molar-refractivity contribution in [1.29, 1.82) is 0 Å². The summed E-state index contributed by atoms with van der Waals surface area (Å²) in [5, 5.41) is 3.93. The van der Waals surface area contributed by atoms with Crippen molar-refractivity contribution in [2.75, 3.05) is 6.54 Å². The fourth-order valence-corrected chi connectivity index (χ4v) is 2.76. The van der Waals surface area contributed by atoms with Crippen molar-refractivity contribution in [2.45, 2.75) is 6.42 Å². The molecular formula is C18H17N5O. The molecule has 4 aromatic heterocycles. The van der Waals surface area contributed by atoms with Crippen LogP contribution in [0.15, 0.2) is 55.0 Å². The zero-order valence-corrected chi connectivity index (χ0v) is 13.3. The van der Waals surface area contributed by atoms with E-state index < -0.39 is 0 Å². The zero-order valence-electron chi connectivity index (χ0n) is 13.3. The Morgan fingerprint density at radius 1 is 1.12 bits per heavy atom. The summed E-state index contributed by atoms with van der Waals surface area (Å²) in [7, 11) is 1.92. The highest BCUT2D eigenvalue weighted by atomic mass is 16.1. The fraction of sp³-hybridized carbons (Fsp3) is 0.167. The number of carbonyl (C=O) groups excluding carboxylic acids is 1. The molecule has 6 nitrogen and oxygen atoms in total. The van der Waals surface area contributed by atoms with Gasteiger partial charge in [-0.15, -0.1) is 0 Å². The highest BCUT2D eigenvalue weighted by molar-refractivity contribution is 5.94. The summed E-state index contributed by atoms with van der Waals surface area (Å²) in [6, 6.07) is 11.5. The summed E-state index contributed by atoms with van der Waals surface area (Å²) < 4.78 is 3.88. The van der Waals surface area contributed by atoms with Gasteiger partial charge in [-0.2, -0.15) is 0 Å². The lowest BCUT2D eigenvalue weighted by Crippen LogP contribution is -2.26. The van der Waals surface area contributed by atoms with E-state index in [0.29, 0.717) is 18.7 Å². The van der Waals surface area contributed by atoms with E-state index in [-0.39, 0.29) is 5.91 Å². The first-order valence-electron chi connectivity index (χ1n) is 7.83. The Balaban J connectivity index is 1.42. The third-order valence-corrected chi connectivity index (χ3v) is 4.03. The van der Waals surface area contributed by atoms with E-state index in [9.17, 15) is 4.79 Å². The van der Waals surface area contributed by atoms with Crippen molar-refractivity contribution in [3.63, 3.8) is 0 Å². The van der Waals surface area contributed by atoms with Crippen molar-refractivity contribution in [2.24, 2.45) is 7.05 Å². The van der Waals surface area contributed by atoms with Gasteiger partial charge in [0.2, 0.25) is 0 Å². The van der Waals surface area contributed by atoms with Gasteiger partial charge in [0.05, 0.1) is 5.69 Å². The molecule has 0 spiro atoms. The van der Waals surface area contributed by atoms with Crippen LogP contribution in [0, 0.1) is 0 Å². The summed E-state index contributed by atoms with van der Waals surface area (Å²) in [5.74, 6) is -0.165. The molecule has 24 heavy (non-hydrogen) atoms. The second-order valence-electron chi connectivity index (χ2n) is 5.74. The maximum Gasteiger partial charge on any atom is 0.269 e. The molecular weight excluding hydrogens is 302 g/mol. The van der Waals surface area contributed by atoms with Crippen LogP contribution in [0.5, 0.6) is 0 Å². The number of carbonyl (C=O) groups is 1. The Morgan fingerprint density at radius 3 is 2.92 bits per heavy atom. The summed E-state index contributed by atoms with van der Waals surface area (Å²) >= 11 is 0. The summed E-state index contributed by atoms with van der Waals surface area (Å²) in [6.45, 7) is 0.523. The van der Waals surface area contributed by atoms with Crippen LogP contribution in [-0.2, 0) is 13.5 Å². The molecule has 0 bridgehead atoms. The molecule has 1 N–H and O–H groups in total. The van der Waals surface area contributed by atoms with Crippen molar-refractivity contribution < 1.29 is 4.79 Å². The molecule has 1 amide bonds. The number of hydrogen-bond acceptors (Lipinski definition) is 3. The highest BCUT2D eigenvalue weighted by Crippen LogP contribution is 2.12. The number of hydrogen-bond donors (Lipinski definition) is 1. The van der Waals surface area contributed by atoms with Gasteiger partial charge in [-0.25, -0.2) is 9.97 Å². The van der Waals surface area contributed by atoms with Crippen LogP contribution in [-0.4, -0.2) is 31.4 Å². The van der Waals surface area contributed by atoms with Gasteiger partial charge >= 0.3 is 0 Å². The Kier molecular flexibility index (Phi) is 3.49. The Bertz CT molecular complexity index is 997. The van der Waals surface area contributed by atoms with E-state index in [1.807, 2.05) is 64.9 Å². The first-order chi connectivity index (χ1) is 11.7. The molecule has 0 saturated carbocycles. The number of nitrogens with one attached hydrogen (secondary N) is 1. The van der Waals surface area contributed by atoms with Gasteiger partial charge in [0.25, 0.3) is 5.91 Å². The average Bonchev–Trinajstić information content (AvgIpc) is 3.18. The minimum Gasteiger partial charge on any atom is -0.350 e. The monoisotopic (exact) mass is 319 g/mol. The minimum atomic E-state index is -0.165. The van der Waals surface area contributed by atoms with Crippen molar-refractivity contribution >= 4 is 22.6 Å². The topological polar surface area (TPSA) is 64.2 Å². The third-order valence-electron chi connectivity index (χ3n) is 4.03. The number of aromatic nitrogens is 4. The number of amides is 1. The Morgan fingerprint density at radius 2 is 2.04 bits per heavy atom. The lowest BCUT2D eigenvalue weighted by atomic mass is 10.2. The van der Waals surface area contributed by atoms with E-state index >= 15 is 0 Å². The van der Waals surface area contributed by atoms with Gasteiger partial charge in [-0.3, -0.25) is 4.79 Å². The van der Waals surface area contributed by atoms with Gasteiger partial charge in [-0.05, 0) is 30.3 Å². The highest BCUT2D eigenvalue weighted by Gasteiger charge is 2.09. The molecule has 0 aromatic carbocycles. The summed E-state index contributed by atoms with van der Waals surface area (Å²) in [6.07, 6.45) is 6.56. The van der Waals surface area contributed by atoms with E-state index in [1.54, 1.807) is 6.07 Å². The van der Waals surface area contributed by atoms with Crippen molar-refractivity contribution in [1.82, 2.24) is 24.3 Å². The summed E-state index contributed by atoms with van der Waals surface area (Å²) in [5.41, 5.74) is 3.10. The molecule has 4 heterocycles. The molecule has 0 aliphatic heterocycles. The van der Waals surface area contributed by atoms with Crippen molar-refractivity contribution in [3.8, 4) is 0 Å². The van der Waals surface area contributed by atoms with Crippen LogP contribution in [0.25, 0.3) is 16.7 Å². The quantitative estimate of drug-likeness (QED) is 0.627. The zero-order chi connectivity index (χ0) is 16.5. The largest absolute Gasteiger partial charge is 0.350 e. The predicted molar refractivity (Wildman–Crippen MR) is 91.9 cm³/mol. The van der Waals surface area contributed by atoms with Gasteiger partial charge < -0.3 is 14.3 Å². The van der Waals surface area contributed by atoms with Crippen LogP contribution in [0.3, 0.4) is 0 Å². The lowest BCUT2D eigenvalue weighted by Gasteiger charge is -2.04. The first kappa shape index (κ1) is 14.4. The van der Waals surface area contributed by atoms with Gasteiger partial charge in [0.1, 0.15) is 17.0 Å². The Hall–Kier alpha value is -3.15. The van der Waals surface area contributed by atoms with E-state index in [1.165, 1.54) is 0 Å². The number of fused-ring (bicyclic) bond motifs is 2. The smallest absolute Gasteiger partial charge is 0.269 e. The number of pyridine rings is 2. The van der Waals surface area contributed by atoms with Gasteiger partial charge in [0, 0.05) is 44.0 Å². The van der Waals surface area contributed by atoms with E-state index in [0.717, 1.165) is 22.4 Å². The molecule has 0 radical (unpaired) electrons.